The van der Waals surface area contributed by atoms with Crippen molar-refractivity contribution >= 4 is 26.8 Å². The van der Waals surface area contributed by atoms with Crippen molar-refractivity contribution in [3.8, 4) is 5.75 Å². The van der Waals surface area contributed by atoms with E-state index < -0.39 is 10.0 Å². The first-order valence-corrected chi connectivity index (χ1v) is 11.3. The maximum Gasteiger partial charge on any atom is 0.272 e. The Kier molecular flexibility index (Phi) is 5.26. The van der Waals surface area contributed by atoms with Gasteiger partial charge in [-0.1, -0.05) is 12.1 Å². The van der Waals surface area contributed by atoms with E-state index in [4.69, 9.17) is 9.88 Å². The van der Waals surface area contributed by atoms with Crippen LogP contribution in [0.4, 0.5) is 0 Å². The van der Waals surface area contributed by atoms with Crippen molar-refractivity contribution in [1.82, 2.24) is 20.0 Å². The van der Waals surface area contributed by atoms with Gasteiger partial charge in [-0.3, -0.25) is 9.48 Å². The van der Waals surface area contributed by atoms with Gasteiger partial charge in [0.05, 0.1) is 12.3 Å². The fourth-order valence-corrected chi connectivity index (χ4v) is 4.40. The van der Waals surface area contributed by atoms with Gasteiger partial charge < -0.3 is 15.0 Å². The summed E-state index contributed by atoms with van der Waals surface area (Å²) in [6, 6.07) is 5.67. The zero-order valence-corrected chi connectivity index (χ0v) is 16.5. The molecule has 0 saturated carbocycles. The van der Waals surface area contributed by atoms with Crippen LogP contribution in [0.1, 0.15) is 23.3 Å². The van der Waals surface area contributed by atoms with Crippen molar-refractivity contribution in [2.45, 2.75) is 19.4 Å². The standard InChI is InChI=1S/C18H25N5O4S/c19-28(25,26)11-9-22-6-4-13(5-7-22)12-20-18(24)16-14-2-1-3-15-17(14)23(21-16)8-10-27-15/h1-3,13H,4-12H2,(H,20,24)(H2,19,25,26). The number of likely N-dealkylation sites (tertiary alicyclic amines) is 1. The second-order valence-electron chi connectivity index (χ2n) is 7.43. The van der Waals surface area contributed by atoms with Crippen molar-refractivity contribution in [2.75, 3.05) is 38.5 Å². The number of ether oxygens (including phenoxy) is 1. The molecular weight excluding hydrogens is 382 g/mol. The first kappa shape index (κ1) is 19.2. The summed E-state index contributed by atoms with van der Waals surface area (Å²) in [5, 5.41) is 13.4. The number of benzene rings is 1. The van der Waals surface area contributed by atoms with E-state index in [-0.39, 0.29) is 11.7 Å². The number of sulfonamides is 1. The highest BCUT2D eigenvalue weighted by Gasteiger charge is 2.24. The summed E-state index contributed by atoms with van der Waals surface area (Å²) in [5.74, 6) is 0.953. The molecule has 4 rings (SSSR count). The van der Waals surface area contributed by atoms with E-state index in [2.05, 4.69) is 15.3 Å². The zero-order valence-electron chi connectivity index (χ0n) is 15.6. The Morgan fingerprint density at radius 2 is 2.07 bits per heavy atom. The van der Waals surface area contributed by atoms with Crippen LogP contribution in [-0.4, -0.2) is 67.5 Å². The number of rotatable bonds is 6. The lowest BCUT2D eigenvalue weighted by Crippen LogP contribution is -2.41. The molecule has 9 nitrogen and oxygen atoms in total. The van der Waals surface area contributed by atoms with Gasteiger partial charge in [0.25, 0.3) is 5.91 Å². The number of nitrogens with one attached hydrogen (secondary N) is 1. The lowest BCUT2D eigenvalue weighted by Gasteiger charge is -2.31. The smallest absolute Gasteiger partial charge is 0.272 e. The Bertz CT molecular complexity index is 979. The van der Waals surface area contributed by atoms with Crippen LogP contribution in [0.2, 0.25) is 0 Å². The van der Waals surface area contributed by atoms with Crippen LogP contribution in [0.15, 0.2) is 18.2 Å². The first-order valence-electron chi connectivity index (χ1n) is 9.54. The SMILES string of the molecule is NS(=O)(=O)CCN1CCC(CNC(=O)c2nn3c4c(cccc24)OCC3)CC1. The van der Waals surface area contributed by atoms with Gasteiger partial charge in [0.1, 0.15) is 17.9 Å². The van der Waals surface area contributed by atoms with Crippen molar-refractivity contribution in [3.05, 3.63) is 23.9 Å². The third-order valence-electron chi connectivity index (χ3n) is 5.46. The van der Waals surface area contributed by atoms with Crippen molar-refractivity contribution < 1.29 is 17.9 Å². The highest BCUT2D eigenvalue weighted by molar-refractivity contribution is 7.89. The fraction of sp³-hybridized carbons (Fsp3) is 0.556. The van der Waals surface area contributed by atoms with Gasteiger partial charge in [-0.25, -0.2) is 13.6 Å². The fourth-order valence-electron chi connectivity index (χ4n) is 3.88. The van der Waals surface area contributed by atoms with E-state index in [1.165, 1.54) is 0 Å². The van der Waals surface area contributed by atoms with E-state index in [1.807, 2.05) is 22.9 Å². The molecule has 1 fully saturated rings. The number of para-hydroxylation sites is 1. The molecule has 0 spiro atoms. The maximum absolute atomic E-state index is 12.7. The molecule has 0 aliphatic carbocycles. The average molecular weight is 407 g/mol. The number of piperidine rings is 1. The summed E-state index contributed by atoms with van der Waals surface area (Å²) in [5.41, 5.74) is 1.31. The lowest BCUT2D eigenvalue weighted by molar-refractivity contribution is 0.0932. The van der Waals surface area contributed by atoms with E-state index in [0.29, 0.717) is 37.9 Å². The average Bonchev–Trinajstić information content (AvgIpc) is 3.06. The second-order valence-corrected chi connectivity index (χ2v) is 9.17. The first-order chi connectivity index (χ1) is 13.4. The van der Waals surface area contributed by atoms with E-state index in [1.54, 1.807) is 0 Å². The predicted octanol–water partition coefficient (Wildman–Crippen LogP) is 0.159. The number of hydrogen-bond donors (Lipinski definition) is 2. The van der Waals surface area contributed by atoms with Gasteiger partial charge >= 0.3 is 0 Å². The van der Waals surface area contributed by atoms with Crippen LogP contribution in [-0.2, 0) is 16.6 Å². The molecule has 28 heavy (non-hydrogen) atoms. The number of carbonyl (C=O) groups excluding carboxylic acids is 1. The molecule has 0 radical (unpaired) electrons. The number of primary sulfonamides is 1. The number of hydrogen-bond acceptors (Lipinski definition) is 6. The summed E-state index contributed by atoms with van der Waals surface area (Å²) in [7, 11) is -3.42. The number of amides is 1. The third kappa shape index (κ3) is 4.13. The van der Waals surface area contributed by atoms with Crippen LogP contribution >= 0.6 is 0 Å². The van der Waals surface area contributed by atoms with Crippen LogP contribution in [0.5, 0.6) is 5.75 Å². The molecular formula is C18H25N5O4S. The summed E-state index contributed by atoms with van der Waals surface area (Å²) in [6.07, 6.45) is 1.83. The molecule has 2 aliphatic rings. The molecule has 0 unspecified atom stereocenters. The molecule has 3 heterocycles. The van der Waals surface area contributed by atoms with E-state index in [9.17, 15) is 13.2 Å². The normalized spacial score (nSPS) is 18.2. The minimum Gasteiger partial charge on any atom is -0.489 e. The minimum atomic E-state index is -3.42. The Morgan fingerprint density at radius 1 is 1.29 bits per heavy atom. The molecule has 1 amide bonds. The summed E-state index contributed by atoms with van der Waals surface area (Å²) in [4.78, 5) is 14.8. The zero-order chi connectivity index (χ0) is 19.7. The molecule has 152 valence electrons. The van der Waals surface area contributed by atoms with Gasteiger partial charge in [0.2, 0.25) is 10.0 Å². The highest BCUT2D eigenvalue weighted by Crippen LogP contribution is 2.30. The minimum absolute atomic E-state index is 0.0180. The largest absolute Gasteiger partial charge is 0.489 e. The third-order valence-corrected chi connectivity index (χ3v) is 6.21. The quantitative estimate of drug-likeness (QED) is 0.704. The van der Waals surface area contributed by atoms with Gasteiger partial charge in [0, 0.05) is 18.5 Å². The van der Waals surface area contributed by atoms with Crippen LogP contribution in [0, 0.1) is 5.92 Å². The topological polar surface area (TPSA) is 120 Å². The molecule has 1 aromatic carbocycles. The summed E-state index contributed by atoms with van der Waals surface area (Å²) >= 11 is 0. The van der Waals surface area contributed by atoms with Crippen LogP contribution < -0.4 is 15.2 Å². The number of nitrogens with two attached hydrogens (primary N) is 1. The molecule has 0 atom stereocenters. The van der Waals surface area contributed by atoms with Crippen molar-refractivity contribution in [3.63, 3.8) is 0 Å². The van der Waals surface area contributed by atoms with E-state index >= 15 is 0 Å². The van der Waals surface area contributed by atoms with Crippen molar-refractivity contribution in [1.29, 1.82) is 0 Å². The number of aromatic nitrogens is 2. The molecule has 3 N–H and O–H groups in total. The van der Waals surface area contributed by atoms with Crippen LogP contribution in [0.25, 0.3) is 10.9 Å². The maximum atomic E-state index is 12.7. The van der Waals surface area contributed by atoms with Gasteiger partial charge in [-0.05, 0) is 37.9 Å². The molecule has 10 heteroatoms. The van der Waals surface area contributed by atoms with Gasteiger partial charge in [-0.15, -0.1) is 0 Å². The molecule has 2 aliphatic heterocycles. The Hall–Kier alpha value is -2.17. The summed E-state index contributed by atoms with van der Waals surface area (Å²) in [6.45, 7) is 3.87. The molecule has 1 aromatic heterocycles. The lowest BCUT2D eigenvalue weighted by atomic mass is 9.97. The van der Waals surface area contributed by atoms with Crippen molar-refractivity contribution in [2.24, 2.45) is 11.1 Å². The Morgan fingerprint density at radius 3 is 2.82 bits per heavy atom. The van der Waals surface area contributed by atoms with Gasteiger partial charge in [0.15, 0.2) is 5.69 Å². The monoisotopic (exact) mass is 407 g/mol. The molecule has 0 bridgehead atoms. The second kappa shape index (κ2) is 7.69. The Balaban J connectivity index is 1.33. The molecule has 1 saturated heterocycles. The van der Waals surface area contributed by atoms with E-state index in [0.717, 1.165) is 42.6 Å². The molecule has 2 aromatic rings. The Labute approximate surface area is 163 Å². The van der Waals surface area contributed by atoms with Gasteiger partial charge in [-0.2, -0.15) is 5.10 Å². The van der Waals surface area contributed by atoms with Crippen LogP contribution in [0.3, 0.4) is 0 Å². The number of nitrogens with zero attached hydrogens (tertiary/aromatic N) is 3. The predicted molar refractivity (Wildman–Crippen MR) is 105 cm³/mol. The summed E-state index contributed by atoms with van der Waals surface area (Å²) < 4.78 is 29.7. The number of carbonyl (C=O) groups is 1. The highest BCUT2D eigenvalue weighted by atomic mass is 32.2.